The Morgan fingerprint density at radius 3 is 2.83 bits per heavy atom. The minimum atomic E-state index is -3.68. The lowest BCUT2D eigenvalue weighted by Crippen LogP contribution is -2.25. The minimum absolute atomic E-state index is 0.0923. The molecular formula is C15H15BrN2O3S2. The van der Waals surface area contributed by atoms with Crippen LogP contribution in [0, 0.1) is 6.92 Å². The fourth-order valence-corrected chi connectivity index (χ4v) is 5.45. The number of carbonyl (C=O) groups excluding carboxylic acids is 1. The van der Waals surface area contributed by atoms with Gasteiger partial charge in [0.1, 0.15) is 0 Å². The van der Waals surface area contributed by atoms with Gasteiger partial charge in [-0.05, 0) is 64.0 Å². The molecule has 8 heteroatoms. The average Bonchev–Trinajstić information content (AvgIpc) is 2.90. The van der Waals surface area contributed by atoms with Crippen molar-refractivity contribution in [2.75, 3.05) is 5.32 Å². The number of fused-ring (bicyclic) bond motifs is 1. The SMILES string of the molecule is Cc1ccsc1CNS(=O)(=O)c1cc2c(cc1Br)CCC(=O)N2. The van der Waals surface area contributed by atoms with Gasteiger partial charge in [-0.3, -0.25) is 4.79 Å². The van der Waals surface area contributed by atoms with E-state index in [1.165, 1.54) is 17.4 Å². The van der Waals surface area contributed by atoms with Gasteiger partial charge >= 0.3 is 0 Å². The standard InChI is InChI=1S/C15H15BrN2O3S2/c1-9-4-5-22-13(9)8-17-23(20,21)14-7-12-10(6-11(14)16)2-3-15(19)18-12/h4-7,17H,2-3,8H2,1H3,(H,18,19). The maximum Gasteiger partial charge on any atom is 0.242 e. The van der Waals surface area contributed by atoms with E-state index in [2.05, 4.69) is 26.0 Å². The molecule has 1 amide bonds. The van der Waals surface area contributed by atoms with Gasteiger partial charge in [0.2, 0.25) is 15.9 Å². The molecule has 1 aromatic carbocycles. The maximum absolute atomic E-state index is 12.6. The van der Waals surface area contributed by atoms with E-state index in [-0.39, 0.29) is 17.3 Å². The molecule has 2 aromatic rings. The van der Waals surface area contributed by atoms with Crippen LogP contribution in [0.25, 0.3) is 0 Å². The Balaban J connectivity index is 1.89. The zero-order valence-corrected chi connectivity index (χ0v) is 15.6. The molecule has 0 fully saturated rings. The number of halogens is 1. The van der Waals surface area contributed by atoms with Gasteiger partial charge in [-0.15, -0.1) is 11.3 Å². The van der Waals surface area contributed by atoms with Gasteiger partial charge in [-0.2, -0.15) is 0 Å². The first-order chi connectivity index (χ1) is 10.9. The Labute approximate surface area is 147 Å². The van der Waals surface area contributed by atoms with Crippen molar-refractivity contribution in [1.82, 2.24) is 4.72 Å². The van der Waals surface area contributed by atoms with Crippen LogP contribution in [0.3, 0.4) is 0 Å². The van der Waals surface area contributed by atoms with Crippen LogP contribution in [0.4, 0.5) is 5.69 Å². The molecule has 1 aromatic heterocycles. The summed E-state index contributed by atoms with van der Waals surface area (Å²) in [4.78, 5) is 12.6. The van der Waals surface area contributed by atoms with Crippen LogP contribution in [0.1, 0.15) is 22.4 Å². The quantitative estimate of drug-likeness (QED) is 0.806. The summed E-state index contributed by atoms with van der Waals surface area (Å²) < 4.78 is 28.3. The van der Waals surface area contributed by atoms with Crippen molar-refractivity contribution in [1.29, 1.82) is 0 Å². The number of aryl methyl sites for hydroxylation is 2. The van der Waals surface area contributed by atoms with Gasteiger partial charge in [0, 0.05) is 28.0 Å². The lowest BCUT2D eigenvalue weighted by Gasteiger charge is -2.19. The molecule has 3 rings (SSSR count). The van der Waals surface area contributed by atoms with Crippen molar-refractivity contribution < 1.29 is 13.2 Å². The zero-order valence-electron chi connectivity index (χ0n) is 12.3. The van der Waals surface area contributed by atoms with Crippen LogP contribution in [-0.4, -0.2) is 14.3 Å². The molecule has 1 aliphatic rings. The highest BCUT2D eigenvalue weighted by atomic mass is 79.9. The second-order valence-electron chi connectivity index (χ2n) is 5.34. The number of carbonyl (C=O) groups is 1. The molecule has 0 saturated heterocycles. The van der Waals surface area contributed by atoms with E-state index in [1.54, 1.807) is 6.07 Å². The Hall–Kier alpha value is -1.22. The van der Waals surface area contributed by atoms with E-state index in [9.17, 15) is 13.2 Å². The molecule has 0 bridgehead atoms. The minimum Gasteiger partial charge on any atom is -0.326 e. The van der Waals surface area contributed by atoms with Crippen molar-refractivity contribution in [2.45, 2.75) is 31.2 Å². The number of hydrogen-bond acceptors (Lipinski definition) is 4. The molecule has 0 atom stereocenters. The van der Waals surface area contributed by atoms with E-state index in [0.717, 1.165) is 16.0 Å². The van der Waals surface area contributed by atoms with E-state index in [4.69, 9.17) is 0 Å². The van der Waals surface area contributed by atoms with Crippen LogP contribution in [0.2, 0.25) is 0 Å². The molecule has 0 radical (unpaired) electrons. The van der Waals surface area contributed by atoms with Gasteiger partial charge in [0.05, 0.1) is 4.90 Å². The fraction of sp³-hybridized carbons (Fsp3) is 0.267. The first-order valence-corrected chi connectivity index (χ1v) is 10.2. The smallest absolute Gasteiger partial charge is 0.242 e. The van der Waals surface area contributed by atoms with Crippen LogP contribution in [0.15, 0.2) is 32.9 Å². The summed E-state index contributed by atoms with van der Waals surface area (Å²) in [5, 5.41) is 4.66. The number of sulfonamides is 1. The predicted octanol–water partition coefficient (Wildman–Crippen LogP) is 3.18. The van der Waals surface area contributed by atoms with Crippen LogP contribution in [-0.2, 0) is 27.8 Å². The monoisotopic (exact) mass is 414 g/mol. The second kappa shape index (κ2) is 6.35. The summed E-state index contributed by atoms with van der Waals surface area (Å²) in [7, 11) is -3.68. The third-order valence-electron chi connectivity index (χ3n) is 3.73. The molecule has 23 heavy (non-hydrogen) atoms. The maximum atomic E-state index is 12.6. The molecule has 122 valence electrons. The Kier molecular flexibility index (Phi) is 4.59. The number of anilines is 1. The Morgan fingerprint density at radius 1 is 1.35 bits per heavy atom. The van der Waals surface area contributed by atoms with Gasteiger partial charge in [-0.25, -0.2) is 13.1 Å². The molecule has 2 N–H and O–H groups in total. The van der Waals surface area contributed by atoms with Crippen molar-refractivity contribution in [3.63, 3.8) is 0 Å². The number of thiophene rings is 1. The molecule has 0 unspecified atom stereocenters. The Bertz CT molecular complexity index is 875. The van der Waals surface area contributed by atoms with E-state index >= 15 is 0 Å². The molecule has 0 aliphatic carbocycles. The molecule has 0 saturated carbocycles. The first-order valence-electron chi connectivity index (χ1n) is 7.02. The Morgan fingerprint density at radius 2 is 2.13 bits per heavy atom. The normalized spacial score (nSPS) is 14.4. The van der Waals surface area contributed by atoms with Crippen molar-refractivity contribution >= 4 is 48.9 Å². The van der Waals surface area contributed by atoms with Gasteiger partial charge in [-0.1, -0.05) is 0 Å². The number of benzene rings is 1. The second-order valence-corrected chi connectivity index (χ2v) is 8.93. The van der Waals surface area contributed by atoms with Crippen molar-refractivity contribution in [3.05, 3.63) is 44.1 Å². The number of amides is 1. The average molecular weight is 415 g/mol. The number of rotatable bonds is 4. The molecule has 2 heterocycles. The van der Waals surface area contributed by atoms with Gasteiger partial charge in [0.15, 0.2) is 0 Å². The largest absolute Gasteiger partial charge is 0.326 e. The van der Waals surface area contributed by atoms with Gasteiger partial charge < -0.3 is 5.32 Å². The molecule has 5 nitrogen and oxygen atoms in total. The van der Waals surface area contributed by atoms with Gasteiger partial charge in [0.25, 0.3) is 0 Å². The van der Waals surface area contributed by atoms with Crippen LogP contribution in [0.5, 0.6) is 0 Å². The predicted molar refractivity (Wildman–Crippen MR) is 94.2 cm³/mol. The molecular weight excluding hydrogens is 400 g/mol. The van der Waals surface area contributed by atoms with Crippen LogP contribution >= 0.6 is 27.3 Å². The summed E-state index contributed by atoms with van der Waals surface area (Å²) >= 11 is 4.85. The lowest BCUT2D eigenvalue weighted by atomic mass is 10.0. The number of hydrogen-bond donors (Lipinski definition) is 2. The summed E-state index contributed by atoms with van der Waals surface area (Å²) in [6, 6.07) is 5.23. The summed E-state index contributed by atoms with van der Waals surface area (Å²) in [5.41, 5.74) is 2.57. The number of nitrogens with one attached hydrogen (secondary N) is 2. The first kappa shape index (κ1) is 16.6. The molecule has 1 aliphatic heterocycles. The fourth-order valence-electron chi connectivity index (χ4n) is 2.41. The highest BCUT2D eigenvalue weighted by Crippen LogP contribution is 2.32. The van der Waals surface area contributed by atoms with Crippen LogP contribution < -0.4 is 10.0 Å². The van der Waals surface area contributed by atoms with E-state index < -0.39 is 10.0 Å². The third-order valence-corrected chi connectivity index (χ3v) is 7.12. The highest BCUT2D eigenvalue weighted by Gasteiger charge is 2.23. The third kappa shape index (κ3) is 3.50. The summed E-state index contributed by atoms with van der Waals surface area (Å²) in [6.45, 7) is 2.20. The van der Waals surface area contributed by atoms with E-state index in [0.29, 0.717) is 23.0 Å². The topological polar surface area (TPSA) is 75.3 Å². The summed E-state index contributed by atoms with van der Waals surface area (Å²) in [6.07, 6.45) is 1.03. The summed E-state index contributed by atoms with van der Waals surface area (Å²) in [5.74, 6) is -0.0923. The van der Waals surface area contributed by atoms with Crippen molar-refractivity contribution in [2.24, 2.45) is 0 Å². The highest BCUT2D eigenvalue weighted by molar-refractivity contribution is 9.10. The zero-order chi connectivity index (χ0) is 16.6. The lowest BCUT2D eigenvalue weighted by molar-refractivity contribution is -0.116. The van der Waals surface area contributed by atoms with Crippen molar-refractivity contribution in [3.8, 4) is 0 Å². The van der Waals surface area contributed by atoms with E-state index in [1.807, 2.05) is 18.4 Å². The molecule has 0 spiro atoms.